The van der Waals surface area contributed by atoms with Gasteiger partial charge in [-0.2, -0.15) is 4.57 Å². The van der Waals surface area contributed by atoms with E-state index in [4.69, 9.17) is 0 Å². The second-order valence-electron chi connectivity index (χ2n) is 9.19. The lowest BCUT2D eigenvalue weighted by atomic mass is 9.99. The first-order chi connectivity index (χ1) is 16.3. The Morgan fingerprint density at radius 1 is 0.618 bits per heavy atom. The standard InChI is InChI=1S/C31H30Br2N/c1-21(2)24-8-5-23(6-9-24)7-18-30-19-27(25-10-14-28(32)15-11-25)20-31(34(30)22(3)4)26-12-16-29(33)17-13-26/h5-22H,1-4H3/q+1/b18-7+. The van der Waals surface area contributed by atoms with Crippen LogP contribution in [0.2, 0.25) is 0 Å². The van der Waals surface area contributed by atoms with Gasteiger partial charge in [-0.25, -0.2) is 0 Å². The molecule has 0 bridgehead atoms. The molecule has 3 heteroatoms. The summed E-state index contributed by atoms with van der Waals surface area (Å²) >= 11 is 7.15. The summed E-state index contributed by atoms with van der Waals surface area (Å²) in [6.07, 6.45) is 4.46. The van der Waals surface area contributed by atoms with Crippen LogP contribution < -0.4 is 4.57 Å². The minimum Gasteiger partial charge on any atom is -0.190 e. The molecule has 0 aliphatic rings. The molecule has 0 saturated heterocycles. The Hall–Kier alpha value is -2.49. The second kappa shape index (κ2) is 10.8. The summed E-state index contributed by atoms with van der Waals surface area (Å²) in [5, 5.41) is 0. The molecular weight excluding hydrogens is 546 g/mol. The molecule has 0 radical (unpaired) electrons. The summed E-state index contributed by atoms with van der Waals surface area (Å²) < 4.78 is 4.59. The molecule has 1 heterocycles. The first kappa shape index (κ1) is 24.6. The van der Waals surface area contributed by atoms with Crippen LogP contribution in [-0.4, -0.2) is 0 Å². The fourth-order valence-corrected chi connectivity index (χ4v) is 4.69. The van der Waals surface area contributed by atoms with Crippen molar-refractivity contribution in [3.8, 4) is 22.4 Å². The van der Waals surface area contributed by atoms with Gasteiger partial charge in [-0.3, -0.25) is 0 Å². The fourth-order valence-electron chi connectivity index (χ4n) is 4.16. The van der Waals surface area contributed by atoms with Gasteiger partial charge in [0.05, 0.1) is 0 Å². The van der Waals surface area contributed by atoms with Crippen molar-refractivity contribution in [1.82, 2.24) is 0 Å². The SMILES string of the molecule is CC(C)c1ccc(/C=C/c2cc(-c3ccc(Br)cc3)cc(-c3ccc(Br)cc3)[n+]2C(C)C)cc1. The number of nitrogens with zero attached hydrogens (tertiary/aromatic N) is 1. The molecule has 0 saturated carbocycles. The van der Waals surface area contributed by atoms with Crippen LogP contribution >= 0.6 is 31.9 Å². The zero-order valence-corrected chi connectivity index (χ0v) is 23.3. The quantitative estimate of drug-likeness (QED) is 0.201. The predicted octanol–water partition coefficient (Wildman–Crippen LogP) is 9.71. The van der Waals surface area contributed by atoms with Crippen molar-refractivity contribution in [2.75, 3.05) is 0 Å². The smallest absolute Gasteiger partial charge is 0.190 e. The third-order valence-corrected chi connectivity index (χ3v) is 7.07. The van der Waals surface area contributed by atoms with Crippen LogP contribution in [0.3, 0.4) is 0 Å². The average molecular weight is 576 g/mol. The van der Waals surface area contributed by atoms with Gasteiger partial charge in [0, 0.05) is 32.7 Å². The molecule has 0 aliphatic heterocycles. The lowest BCUT2D eigenvalue weighted by Crippen LogP contribution is -2.41. The molecule has 172 valence electrons. The van der Waals surface area contributed by atoms with E-state index in [0.717, 1.165) is 8.95 Å². The van der Waals surface area contributed by atoms with Crippen molar-refractivity contribution >= 4 is 44.0 Å². The monoisotopic (exact) mass is 574 g/mol. The maximum Gasteiger partial charge on any atom is 0.213 e. The summed E-state index contributed by atoms with van der Waals surface area (Å²) in [6.45, 7) is 8.95. The highest BCUT2D eigenvalue weighted by atomic mass is 79.9. The molecule has 0 spiro atoms. The highest BCUT2D eigenvalue weighted by Crippen LogP contribution is 2.29. The average Bonchev–Trinajstić information content (AvgIpc) is 2.83. The molecule has 0 fully saturated rings. The van der Waals surface area contributed by atoms with E-state index in [-0.39, 0.29) is 0 Å². The van der Waals surface area contributed by atoms with Crippen molar-refractivity contribution in [1.29, 1.82) is 0 Å². The van der Waals surface area contributed by atoms with E-state index in [9.17, 15) is 0 Å². The third kappa shape index (κ3) is 5.76. The first-order valence-corrected chi connectivity index (χ1v) is 13.3. The van der Waals surface area contributed by atoms with E-state index < -0.39 is 0 Å². The van der Waals surface area contributed by atoms with E-state index in [1.165, 1.54) is 39.2 Å². The molecule has 3 aromatic carbocycles. The van der Waals surface area contributed by atoms with Gasteiger partial charge >= 0.3 is 0 Å². The Balaban J connectivity index is 1.87. The summed E-state index contributed by atoms with van der Waals surface area (Å²) in [5.74, 6) is 0.539. The number of hydrogen-bond donors (Lipinski definition) is 0. The molecule has 0 atom stereocenters. The third-order valence-electron chi connectivity index (χ3n) is 6.02. The molecule has 0 N–H and O–H groups in total. The molecule has 4 aromatic rings. The predicted molar refractivity (Wildman–Crippen MR) is 153 cm³/mol. The van der Waals surface area contributed by atoms with Gasteiger partial charge in [-0.1, -0.05) is 82.1 Å². The number of aromatic nitrogens is 1. The van der Waals surface area contributed by atoms with Crippen LogP contribution in [0.1, 0.15) is 56.5 Å². The van der Waals surface area contributed by atoms with Gasteiger partial charge in [0.1, 0.15) is 0 Å². The molecule has 1 nitrogen and oxygen atoms in total. The topological polar surface area (TPSA) is 3.88 Å². The number of halogens is 2. The molecule has 0 amide bonds. The Kier molecular flexibility index (Phi) is 7.85. The van der Waals surface area contributed by atoms with Crippen LogP contribution in [0.4, 0.5) is 0 Å². The van der Waals surface area contributed by atoms with E-state index in [1.807, 2.05) is 0 Å². The summed E-state index contributed by atoms with van der Waals surface area (Å²) in [6, 6.07) is 30.9. The van der Waals surface area contributed by atoms with Crippen LogP contribution in [0.25, 0.3) is 34.5 Å². The zero-order chi connectivity index (χ0) is 24.2. The highest BCUT2D eigenvalue weighted by Gasteiger charge is 2.22. The molecular formula is C31H30Br2N+. The maximum atomic E-state index is 3.58. The second-order valence-corrected chi connectivity index (χ2v) is 11.0. The van der Waals surface area contributed by atoms with E-state index >= 15 is 0 Å². The van der Waals surface area contributed by atoms with Crippen molar-refractivity contribution in [2.45, 2.75) is 39.7 Å². The number of pyridine rings is 1. The molecule has 0 unspecified atom stereocenters. The van der Waals surface area contributed by atoms with Gasteiger partial charge < -0.3 is 0 Å². The highest BCUT2D eigenvalue weighted by molar-refractivity contribution is 9.10. The Bertz CT molecular complexity index is 1280. The van der Waals surface area contributed by atoms with E-state index in [2.05, 4.69) is 161 Å². The minimum absolute atomic E-state index is 0.306. The molecule has 1 aromatic heterocycles. The molecule has 34 heavy (non-hydrogen) atoms. The summed E-state index contributed by atoms with van der Waals surface area (Å²) in [5.41, 5.74) is 8.57. The number of benzene rings is 3. The van der Waals surface area contributed by atoms with Crippen molar-refractivity contribution in [2.24, 2.45) is 0 Å². The molecule has 4 rings (SSSR count). The largest absolute Gasteiger partial charge is 0.213 e. The summed E-state index contributed by atoms with van der Waals surface area (Å²) in [7, 11) is 0. The Morgan fingerprint density at radius 2 is 1.18 bits per heavy atom. The Morgan fingerprint density at radius 3 is 1.71 bits per heavy atom. The lowest BCUT2D eigenvalue weighted by Gasteiger charge is -2.13. The summed E-state index contributed by atoms with van der Waals surface area (Å²) in [4.78, 5) is 0. The Labute approximate surface area is 220 Å². The van der Waals surface area contributed by atoms with Crippen molar-refractivity contribution in [3.63, 3.8) is 0 Å². The maximum absolute atomic E-state index is 3.58. The minimum atomic E-state index is 0.306. The van der Waals surface area contributed by atoms with Gasteiger partial charge in [0.25, 0.3) is 0 Å². The van der Waals surface area contributed by atoms with E-state index in [1.54, 1.807) is 0 Å². The van der Waals surface area contributed by atoms with Crippen molar-refractivity contribution in [3.05, 3.63) is 111 Å². The zero-order valence-electron chi connectivity index (χ0n) is 20.1. The normalized spacial score (nSPS) is 11.6. The van der Waals surface area contributed by atoms with Crippen LogP contribution in [0, 0.1) is 0 Å². The van der Waals surface area contributed by atoms with Gasteiger partial charge in [0.15, 0.2) is 6.04 Å². The van der Waals surface area contributed by atoms with Crippen molar-refractivity contribution < 1.29 is 4.57 Å². The number of hydrogen-bond acceptors (Lipinski definition) is 0. The number of rotatable bonds is 6. The van der Waals surface area contributed by atoms with E-state index in [0.29, 0.717) is 12.0 Å². The van der Waals surface area contributed by atoms with Gasteiger partial charge in [0.2, 0.25) is 11.4 Å². The molecule has 0 aliphatic carbocycles. The van der Waals surface area contributed by atoms with Crippen LogP contribution in [-0.2, 0) is 0 Å². The van der Waals surface area contributed by atoms with Gasteiger partial charge in [-0.15, -0.1) is 0 Å². The van der Waals surface area contributed by atoms with Gasteiger partial charge in [-0.05, 0) is 84.5 Å². The van der Waals surface area contributed by atoms with Crippen LogP contribution in [0.5, 0.6) is 0 Å². The fraction of sp³-hybridized carbons (Fsp3) is 0.194. The lowest BCUT2D eigenvalue weighted by molar-refractivity contribution is -0.707. The first-order valence-electron chi connectivity index (χ1n) is 11.7. The van der Waals surface area contributed by atoms with Crippen LogP contribution in [0.15, 0.2) is 93.9 Å².